The Balaban J connectivity index is 1.35. The van der Waals surface area contributed by atoms with E-state index in [2.05, 4.69) is 25.2 Å². The van der Waals surface area contributed by atoms with Crippen molar-refractivity contribution in [2.45, 2.75) is 43.6 Å². The maximum Gasteiger partial charge on any atom is 0.324 e. The highest BCUT2D eigenvalue weighted by atomic mass is 32.2. The molecule has 12 nitrogen and oxygen atoms in total. The summed E-state index contributed by atoms with van der Waals surface area (Å²) in [5.41, 5.74) is -0.181. The van der Waals surface area contributed by atoms with E-state index in [0.717, 1.165) is 4.68 Å². The highest BCUT2D eigenvalue weighted by Gasteiger charge is 2.26. The molecule has 0 spiro atoms. The number of halogens is 2. The van der Waals surface area contributed by atoms with E-state index in [9.17, 15) is 17.2 Å². The lowest BCUT2D eigenvalue weighted by atomic mass is 10.1. The van der Waals surface area contributed by atoms with Gasteiger partial charge in [0.2, 0.25) is 15.9 Å². The Morgan fingerprint density at radius 1 is 1.17 bits per heavy atom. The minimum atomic E-state index is -4.44. The fourth-order valence-corrected chi connectivity index (χ4v) is 4.50. The van der Waals surface area contributed by atoms with Gasteiger partial charge in [-0.2, -0.15) is 10.1 Å². The van der Waals surface area contributed by atoms with E-state index in [-0.39, 0.29) is 29.2 Å². The lowest BCUT2D eigenvalue weighted by Gasteiger charge is -2.30. The minimum Gasteiger partial charge on any atom is -0.474 e. The average Bonchev–Trinajstić information content (AvgIpc) is 3.49. The van der Waals surface area contributed by atoms with Gasteiger partial charge in [0.25, 0.3) is 0 Å². The zero-order valence-electron chi connectivity index (χ0n) is 19.3. The number of aromatic nitrogens is 6. The lowest BCUT2D eigenvalue weighted by molar-refractivity contribution is 0.164. The molecule has 0 bridgehead atoms. The Kier molecular flexibility index (Phi) is 6.04. The molecule has 15 heteroatoms. The standard InChI is InChI=1S/C21H22F2N8O4S/c1-11(2)18-28-21(35-29-18)30-5-3-12(4-6-30)34-20-13-9-27-31(19(13)25-10-26-20)16-7-15(23)17(8-14(16)22)36(24,32)33/h7-12H,3-6H2,1-2H3,(H2,24,32,33). The van der Waals surface area contributed by atoms with Gasteiger partial charge in [-0.25, -0.2) is 37.0 Å². The van der Waals surface area contributed by atoms with Crippen LogP contribution in [-0.4, -0.2) is 57.5 Å². The number of nitrogens with zero attached hydrogens (tertiary/aromatic N) is 7. The summed E-state index contributed by atoms with van der Waals surface area (Å²) in [5.74, 6) is -1.19. The largest absolute Gasteiger partial charge is 0.474 e. The fraction of sp³-hybridized carbons (Fsp3) is 0.381. The van der Waals surface area contributed by atoms with Crippen LogP contribution < -0.4 is 14.8 Å². The van der Waals surface area contributed by atoms with Crippen LogP contribution >= 0.6 is 0 Å². The van der Waals surface area contributed by atoms with E-state index in [4.69, 9.17) is 14.4 Å². The Labute approximate surface area is 204 Å². The van der Waals surface area contributed by atoms with Crippen molar-refractivity contribution in [3.63, 3.8) is 0 Å². The van der Waals surface area contributed by atoms with Crippen molar-refractivity contribution >= 4 is 27.1 Å². The van der Waals surface area contributed by atoms with E-state index in [0.29, 0.717) is 55.3 Å². The zero-order valence-corrected chi connectivity index (χ0v) is 20.1. The molecule has 0 atom stereocenters. The van der Waals surface area contributed by atoms with Gasteiger partial charge in [0, 0.05) is 37.9 Å². The van der Waals surface area contributed by atoms with Gasteiger partial charge in [-0.1, -0.05) is 19.0 Å². The van der Waals surface area contributed by atoms with Crippen molar-refractivity contribution in [3.8, 4) is 11.6 Å². The third kappa shape index (κ3) is 4.46. The number of sulfonamides is 1. The van der Waals surface area contributed by atoms with Crippen LogP contribution in [-0.2, 0) is 10.0 Å². The van der Waals surface area contributed by atoms with Gasteiger partial charge in [-0.15, -0.1) is 0 Å². The van der Waals surface area contributed by atoms with Gasteiger partial charge in [-0.3, -0.25) is 0 Å². The molecule has 4 aromatic rings. The predicted molar refractivity (Wildman–Crippen MR) is 122 cm³/mol. The van der Waals surface area contributed by atoms with Crippen molar-refractivity contribution in [2.24, 2.45) is 5.14 Å². The fourth-order valence-electron chi connectivity index (χ4n) is 3.90. The number of anilines is 1. The van der Waals surface area contributed by atoms with Crippen molar-refractivity contribution in [1.82, 2.24) is 29.9 Å². The number of benzene rings is 1. The summed E-state index contributed by atoms with van der Waals surface area (Å²) in [6.45, 7) is 5.26. The molecule has 0 unspecified atom stereocenters. The van der Waals surface area contributed by atoms with Gasteiger partial charge in [0.05, 0.1) is 6.20 Å². The van der Waals surface area contributed by atoms with Gasteiger partial charge in [0.15, 0.2) is 17.3 Å². The Morgan fingerprint density at radius 3 is 2.58 bits per heavy atom. The predicted octanol–water partition coefficient (Wildman–Crippen LogP) is 2.30. The van der Waals surface area contributed by atoms with E-state index in [1.54, 1.807) is 0 Å². The second-order valence-electron chi connectivity index (χ2n) is 8.65. The smallest absolute Gasteiger partial charge is 0.324 e. The molecule has 1 aromatic carbocycles. The molecule has 2 N–H and O–H groups in total. The molecule has 1 saturated heterocycles. The van der Waals surface area contributed by atoms with E-state index in [1.165, 1.54) is 12.5 Å². The molecule has 1 aliphatic rings. The normalized spacial score (nSPS) is 15.2. The lowest BCUT2D eigenvalue weighted by Crippen LogP contribution is -2.38. The molecule has 36 heavy (non-hydrogen) atoms. The van der Waals surface area contributed by atoms with Crippen LogP contribution in [0.3, 0.4) is 0 Å². The topological polar surface area (TPSA) is 155 Å². The molecular formula is C21H22F2N8O4S. The molecule has 0 saturated carbocycles. The molecule has 0 amide bonds. The molecule has 4 heterocycles. The summed E-state index contributed by atoms with van der Waals surface area (Å²) in [4.78, 5) is 13.8. The maximum atomic E-state index is 14.7. The van der Waals surface area contributed by atoms with E-state index in [1.807, 2.05) is 18.7 Å². The summed E-state index contributed by atoms with van der Waals surface area (Å²) >= 11 is 0. The summed E-state index contributed by atoms with van der Waals surface area (Å²) < 4.78 is 64.5. The van der Waals surface area contributed by atoms with Gasteiger partial charge < -0.3 is 14.2 Å². The van der Waals surface area contributed by atoms with Gasteiger partial charge >= 0.3 is 6.01 Å². The summed E-state index contributed by atoms with van der Waals surface area (Å²) in [7, 11) is -4.44. The monoisotopic (exact) mass is 520 g/mol. The van der Waals surface area contributed by atoms with Crippen LogP contribution in [0.2, 0.25) is 0 Å². The Bertz CT molecular complexity index is 1530. The summed E-state index contributed by atoms with van der Waals surface area (Å²) in [6.07, 6.45) is 3.75. The van der Waals surface area contributed by atoms with Gasteiger partial charge in [0.1, 0.15) is 34.2 Å². The molecule has 190 valence electrons. The van der Waals surface area contributed by atoms with Crippen LogP contribution in [0.5, 0.6) is 5.88 Å². The number of nitrogens with two attached hydrogens (primary N) is 1. The third-order valence-electron chi connectivity index (χ3n) is 5.80. The third-order valence-corrected chi connectivity index (χ3v) is 6.73. The second-order valence-corrected chi connectivity index (χ2v) is 10.2. The quantitative estimate of drug-likeness (QED) is 0.400. The number of ether oxygens (including phenoxy) is 1. The first kappa shape index (κ1) is 24.0. The molecule has 0 radical (unpaired) electrons. The number of piperidine rings is 1. The SMILES string of the molecule is CC(C)c1noc(N2CCC(Oc3ncnc4c3cnn4-c3cc(F)c(S(N)(=O)=O)cc3F)CC2)n1. The highest BCUT2D eigenvalue weighted by molar-refractivity contribution is 7.89. The van der Waals surface area contributed by atoms with Crippen LogP contribution in [0.25, 0.3) is 16.7 Å². The summed E-state index contributed by atoms with van der Waals surface area (Å²) in [5, 5.41) is 13.4. The van der Waals surface area contributed by atoms with Crippen molar-refractivity contribution in [1.29, 1.82) is 0 Å². The molecule has 5 rings (SSSR count). The Hall–Kier alpha value is -3.72. The highest BCUT2D eigenvalue weighted by Crippen LogP contribution is 2.29. The second kappa shape index (κ2) is 9.05. The van der Waals surface area contributed by atoms with Crippen LogP contribution in [0.4, 0.5) is 14.8 Å². The Morgan fingerprint density at radius 2 is 1.92 bits per heavy atom. The number of hydrogen-bond acceptors (Lipinski definition) is 10. The number of rotatable bonds is 6. The maximum absolute atomic E-state index is 14.7. The number of hydrogen-bond donors (Lipinski definition) is 1. The minimum absolute atomic E-state index is 0.158. The van der Waals surface area contributed by atoms with E-state index >= 15 is 0 Å². The van der Waals surface area contributed by atoms with Crippen LogP contribution in [0, 0.1) is 11.6 Å². The molecular weight excluding hydrogens is 498 g/mol. The first-order chi connectivity index (χ1) is 17.1. The molecule has 0 aliphatic carbocycles. The average molecular weight is 521 g/mol. The molecule has 1 aliphatic heterocycles. The van der Waals surface area contributed by atoms with Crippen LogP contribution in [0.15, 0.2) is 34.1 Å². The molecule has 3 aromatic heterocycles. The summed E-state index contributed by atoms with van der Waals surface area (Å²) in [6, 6.07) is 1.68. The zero-order chi connectivity index (χ0) is 25.6. The molecule has 1 fully saturated rings. The number of fused-ring (bicyclic) bond motifs is 1. The first-order valence-corrected chi connectivity index (χ1v) is 12.6. The van der Waals surface area contributed by atoms with Crippen molar-refractivity contribution in [2.75, 3.05) is 18.0 Å². The number of primary sulfonamides is 1. The van der Waals surface area contributed by atoms with Crippen molar-refractivity contribution < 1.29 is 26.5 Å². The first-order valence-electron chi connectivity index (χ1n) is 11.1. The van der Waals surface area contributed by atoms with Gasteiger partial charge in [-0.05, 0) is 6.07 Å². The van der Waals surface area contributed by atoms with Crippen LogP contribution in [0.1, 0.15) is 38.4 Å². The van der Waals surface area contributed by atoms with E-state index < -0.39 is 26.6 Å². The van der Waals surface area contributed by atoms with Crippen molar-refractivity contribution in [3.05, 3.63) is 42.1 Å².